The second-order valence-corrected chi connectivity index (χ2v) is 9.79. The van der Waals surface area contributed by atoms with E-state index in [1.165, 1.54) is 0 Å². The molecule has 1 rings (SSSR count). The Balaban J connectivity index is 3.02. The zero-order chi connectivity index (χ0) is 27.4. The molecule has 1 aliphatic carbocycles. The predicted molar refractivity (Wildman–Crippen MR) is 129 cm³/mol. The van der Waals surface area contributed by atoms with Crippen molar-refractivity contribution in [2.24, 2.45) is 23.5 Å². The van der Waals surface area contributed by atoms with E-state index in [9.17, 15) is 39.0 Å². The van der Waals surface area contributed by atoms with Crippen molar-refractivity contribution in [3.05, 3.63) is 0 Å². The van der Waals surface area contributed by atoms with Crippen LogP contribution in [0.2, 0.25) is 0 Å². The Morgan fingerprint density at radius 2 is 1.42 bits per heavy atom. The first kappa shape index (κ1) is 30.9. The fourth-order valence-corrected chi connectivity index (χ4v) is 4.34. The van der Waals surface area contributed by atoms with Gasteiger partial charge in [0.15, 0.2) is 0 Å². The zero-order valence-corrected chi connectivity index (χ0v) is 21.2. The number of carboxylic acid groups (broad SMARTS) is 2. The molecule has 36 heavy (non-hydrogen) atoms. The van der Waals surface area contributed by atoms with Crippen LogP contribution in [0.25, 0.3) is 0 Å². The number of primary amides is 1. The highest BCUT2D eigenvalue weighted by Gasteiger charge is 2.37. The molecule has 0 bridgehead atoms. The number of unbranched alkanes of at least 4 members (excludes halogenated alkanes) is 1. The second kappa shape index (κ2) is 15.0. The Hall–Kier alpha value is -3.18. The summed E-state index contributed by atoms with van der Waals surface area (Å²) >= 11 is 0. The van der Waals surface area contributed by atoms with Gasteiger partial charge in [-0.2, -0.15) is 0 Å². The molecule has 0 aromatic heterocycles. The predicted octanol–water partition coefficient (Wildman–Crippen LogP) is 0.528. The van der Waals surface area contributed by atoms with Gasteiger partial charge >= 0.3 is 11.9 Å². The normalized spacial score (nSPS) is 20.0. The van der Waals surface area contributed by atoms with Crippen molar-refractivity contribution in [2.45, 2.75) is 96.7 Å². The van der Waals surface area contributed by atoms with E-state index in [0.29, 0.717) is 38.5 Å². The summed E-state index contributed by atoms with van der Waals surface area (Å²) in [4.78, 5) is 73.5. The SMILES string of the molecule is CCCC[C@H](NC(=O)[C@@H]1CCCC[C@H]1C(=O)O)C(=O)N[C@@H](CC(=O)O)C(=O)N[C@@H](CC(C)C)C(N)=O. The van der Waals surface area contributed by atoms with Gasteiger partial charge in [-0.05, 0) is 31.6 Å². The van der Waals surface area contributed by atoms with Gasteiger partial charge in [-0.1, -0.05) is 46.5 Å². The highest BCUT2D eigenvalue weighted by molar-refractivity contribution is 5.96. The van der Waals surface area contributed by atoms with Crippen LogP contribution >= 0.6 is 0 Å². The molecule has 0 radical (unpaired) electrons. The smallest absolute Gasteiger partial charge is 0.307 e. The van der Waals surface area contributed by atoms with Gasteiger partial charge in [-0.25, -0.2) is 0 Å². The standard InChI is InChI=1S/C24H40N4O8/c1-4-5-10-16(26-21(32)14-8-6-7-9-15(14)24(35)36)22(33)28-18(12-19(29)30)23(34)27-17(20(25)31)11-13(2)3/h13-18H,4-12H2,1-3H3,(H2,25,31)(H,26,32)(H,27,34)(H,28,33)(H,29,30)(H,35,36)/t14-,15-,16+,17+,18+/m1/s1. The van der Waals surface area contributed by atoms with E-state index in [4.69, 9.17) is 5.73 Å². The molecule has 1 fully saturated rings. The number of carbonyl (C=O) groups is 6. The molecule has 0 unspecified atom stereocenters. The van der Waals surface area contributed by atoms with Gasteiger partial charge in [0.1, 0.15) is 18.1 Å². The van der Waals surface area contributed by atoms with Crippen molar-refractivity contribution < 1.29 is 39.0 Å². The van der Waals surface area contributed by atoms with Crippen LogP contribution in [-0.4, -0.2) is 63.9 Å². The van der Waals surface area contributed by atoms with Gasteiger partial charge in [0.25, 0.3) is 0 Å². The van der Waals surface area contributed by atoms with Crippen LogP contribution in [0.1, 0.15) is 78.6 Å². The number of amides is 4. The third kappa shape index (κ3) is 10.2. The Morgan fingerprint density at radius 1 is 0.861 bits per heavy atom. The molecule has 0 aromatic rings. The highest BCUT2D eigenvalue weighted by Crippen LogP contribution is 2.30. The van der Waals surface area contributed by atoms with Gasteiger partial charge in [-0.3, -0.25) is 28.8 Å². The molecule has 1 aliphatic rings. The van der Waals surface area contributed by atoms with Gasteiger partial charge in [0, 0.05) is 0 Å². The van der Waals surface area contributed by atoms with Crippen LogP contribution in [0.15, 0.2) is 0 Å². The molecular formula is C24H40N4O8. The lowest BCUT2D eigenvalue weighted by Crippen LogP contribution is -2.57. The molecular weight excluding hydrogens is 472 g/mol. The lowest BCUT2D eigenvalue weighted by Gasteiger charge is -2.30. The van der Waals surface area contributed by atoms with Crippen LogP contribution in [0.5, 0.6) is 0 Å². The third-order valence-electron chi connectivity index (χ3n) is 6.28. The first-order valence-electron chi connectivity index (χ1n) is 12.5. The number of nitrogens with one attached hydrogen (secondary N) is 3. The maximum atomic E-state index is 13.1. The maximum Gasteiger partial charge on any atom is 0.307 e. The monoisotopic (exact) mass is 512 g/mol. The van der Waals surface area contributed by atoms with E-state index in [1.54, 1.807) is 0 Å². The molecule has 0 spiro atoms. The number of hydrogen-bond donors (Lipinski definition) is 6. The van der Waals surface area contributed by atoms with E-state index in [2.05, 4.69) is 16.0 Å². The van der Waals surface area contributed by atoms with Crippen LogP contribution < -0.4 is 21.7 Å². The summed E-state index contributed by atoms with van der Waals surface area (Å²) in [5.74, 6) is -7.00. The summed E-state index contributed by atoms with van der Waals surface area (Å²) in [6.07, 6.45) is 3.13. The number of nitrogens with two attached hydrogens (primary N) is 1. The fourth-order valence-electron chi connectivity index (χ4n) is 4.34. The minimum Gasteiger partial charge on any atom is -0.481 e. The van der Waals surface area contributed by atoms with E-state index >= 15 is 0 Å². The molecule has 0 saturated heterocycles. The molecule has 12 nitrogen and oxygen atoms in total. The Kier molecular flexibility index (Phi) is 12.9. The lowest BCUT2D eigenvalue weighted by atomic mass is 9.78. The number of aliphatic carboxylic acids is 2. The zero-order valence-electron chi connectivity index (χ0n) is 21.2. The summed E-state index contributed by atoms with van der Waals surface area (Å²) < 4.78 is 0. The summed E-state index contributed by atoms with van der Waals surface area (Å²) in [5, 5.41) is 26.2. The minimum absolute atomic E-state index is 0.0124. The molecule has 204 valence electrons. The van der Waals surface area contributed by atoms with Crippen molar-refractivity contribution in [1.29, 1.82) is 0 Å². The second-order valence-electron chi connectivity index (χ2n) is 9.79. The minimum atomic E-state index is -1.51. The molecule has 0 heterocycles. The van der Waals surface area contributed by atoms with Gasteiger partial charge in [-0.15, -0.1) is 0 Å². The topological polar surface area (TPSA) is 205 Å². The molecule has 5 atom stereocenters. The lowest BCUT2D eigenvalue weighted by molar-refractivity contribution is -0.149. The Bertz CT molecular complexity index is 816. The quantitative estimate of drug-likeness (QED) is 0.182. The van der Waals surface area contributed by atoms with Crippen molar-refractivity contribution in [1.82, 2.24) is 16.0 Å². The largest absolute Gasteiger partial charge is 0.481 e. The summed E-state index contributed by atoms with van der Waals surface area (Å²) in [7, 11) is 0. The Labute approximate surface area is 211 Å². The van der Waals surface area contributed by atoms with E-state index in [0.717, 1.165) is 0 Å². The van der Waals surface area contributed by atoms with Crippen LogP contribution in [0, 0.1) is 17.8 Å². The average molecular weight is 513 g/mol. The molecule has 1 saturated carbocycles. The average Bonchev–Trinajstić information content (AvgIpc) is 2.79. The number of carbonyl (C=O) groups excluding carboxylic acids is 4. The van der Waals surface area contributed by atoms with E-state index in [1.807, 2.05) is 20.8 Å². The molecule has 7 N–H and O–H groups in total. The third-order valence-corrected chi connectivity index (χ3v) is 6.28. The summed E-state index contributed by atoms with van der Waals surface area (Å²) in [6.45, 7) is 5.53. The van der Waals surface area contributed by atoms with Crippen LogP contribution in [0.4, 0.5) is 0 Å². The van der Waals surface area contributed by atoms with Crippen LogP contribution in [-0.2, 0) is 28.8 Å². The van der Waals surface area contributed by atoms with Crippen molar-refractivity contribution in [3.8, 4) is 0 Å². The number of rotatable bonds is 15. The summed E-state index contributed by atoms with van der Waals surface area (Å²) in [6, 6.07) is -3.63. The Morgan fingerprint density at radius 3 is 1.92 bits per heavy atom. The number of hydrogen-bond acceptors (Lipinski definition) is 6. The maximum absolute atomic E-state index is 13.1. The van der Waals surface area contributed by atoms with E-state index < -0.39 is 71.9 Å². The van der Waals surface area contributed by atoms with Gasteiger partial charge in [0.05, 0.1) is 18.3 Å². The summed E-state index contributed by atoms with van der Waals surface area (Å²) in [5.41, 5.74) is 5.35. The van der Waals surface area contributed by atoms with Crippen LogP contribution in [0.3, 0.4) is 0 Å². The van der Waals surface area contributed by atoms with Gasteiger partial charge in [0.2, 0.25) is 23.6 Å². The first-order valence-corrected chi connectivity index (χ1v) is 12.5. The molecule has 12 heteroatoms. The fraction of sp³-hybridized carbons (Fsp3) is 0.750. The number of carboxylic acids is 2. The molecule has 4 amide bonds. The first-order chi connectivity index (χ1) is 16.9. The van der Waals surface area contributed by atoms with Crippen molar-refractivity contribution in [3.63, 3.8) is 0 Å². The van der Waals surface area contributed by atoms with Crippen molar-refractivity contribution in [2.75, 3.05) is 0 Å². The molecule has 0 aromatic carbocycles. The van der Waals surface area contributed by atoms with Gasteiger partial charge < -0.3 is 31.9 Å². The molecule has 0 aliphatic heterocycles. The highest BCUT2D eigenvalue weighted by atomic mass is 16.4. The van der Waals surface area contributed by atoms with Crippen molar-refractivity contribution >= 4 is 35.6 Å². The van der Waals surface area contributed by atoms with E-state index in [-0.39, 0.29) is 18.8 Å².